The van der Waals surface area contributed by atoms with Gasteiger partial charge in [-0.25, -0.2) is 0 Å². The van der Waals surface area contributed by atoms with E-state index in [4.69, 9.17) is 0 Å². The van der Waals surface area contributed by atoms with Crippen LogP contribution in [0.3, 0.4) is 0 Å². The van der Waals surface area contributed by atoms with E-state index in [1.165, 1.54) is 13.8 Å². The summed E-state index contributed by atoms with van der Waals surface area (Å²) in [5.41, 5.74) is 3.54. The van der Waals surface area contributed by atoms with Crippen LogP contribution in [-0.2, 0) is 11.2 Å². The number of carbonyl (C=O) groups excluding carboxylic acids is 3. The van der Waals surface area contributed by atoms with Gasteiger partial charge in [0.15, 0.2) is 5.78 Å². The Morgan fingerprint density at radius 1 is 1.00 bits per heavy atom. The van der Waals surface area contributed by atoms with Crippen LogP contribution in [0.15, 0.2) is 42.5 Å². The van der Waals surface area contributed by atoms with Crippen LogP contribution in [0.25, 0.3) is 0 Å². The van der Waals surface area contributed by atoms with E-state index in [0.717, 1.165) is 17.7 Å². The van der Waals surface area contributed by atoms with Gasteiger partial charge in [0.2, 0.25) is 5.91 Å². The molecule has 0 spiro atoms. The van der Waals surface area contributed by atoms with Crippen molar-refractivity contribution in [3.05, 3.63) is 59.2 Å². The summed E-state index contributed by atoms with van der Waals surface area (Å²) in [6.45, 7) is 3.68. The van der Waals surface area contributed by atoms with Crippen LogP contribution in [0.2, 0.25) is 0 Å². The van der Waals surface area contributed by atoms with Crippen LogP contribution in [0.1, 0.15) is 40.1 Å². The maximum absolute atomic E-state index is 12.4. The largest absolute Gasteiger partial charge is 0.322 e. The highest BCUT2D eigenvalue weighted by Crippen LogP contribution is 2.29. The number of ketones is 1. The summed E-state index contributed by atoms with van der Waals surface area (Å²) in [6, 6.07) is 12.2. The third kappa shape index (κ3) is 3.06. The van der Waals surface area contributed by atoms with Gasteiger partial charge in [0, 0.05) is 36.0 Å². The monoisotopic (exact) mass is 322 g/mol. The van der Waals surface area contributed by atoms with E-state index in [9.17, 15) is 14.4 Å². The molecule has 24 heavy (non-hydrogen) atoms. The molecule has 1 aliphatic rings. The SMILES string of the molecule is CC(=O)c1cccc(NC(=O)c2ccc3c(c2)CCN3C(C)=O)c1. The number of amides is 2. The van der Waals surface area contributed by atoms with Gasteiger partial charge in [-0.1, -0.05) is 12.1 Å². The molecule has 0 radical (unpaired) electrons. The third-order valence-electron chi connectivity index (χ3n) is 4.14. The van der Waals surface area contributed by atoms with Gasteiger partial charge < -0.3 is 10.2 Å². The van der Waals surface area contributed by atoms with E-state index in [2.05, 4.69) is 5.32 Å². The normalized spacial score (nSPS) is 12.7. The summed E-state index contributed by atoms with van der Waals surface area (Å²) in [5.74, 6) is -0.278. The molecule has 0 unspecified atom stereocenters. The smallest absolute Gasteiger partial charge is 0.255 e. The van der Waals surface area contributed by atoms with Crippen molar-refractivity contribution in [2.24, 2.45) is 0 Å². The minimum atomic E-state index is -0.236. The van der Waals surface area contributed by atoms with Gasteiger partial charge in [-0.3, -0.25) is 14.4 Å². The number of carbonyl (C=O) groups is 3. The van der Waals surface area contributed by atoms with Crippen LogP contribution in [-0.4, -0.2) is 24.1 Å². The van der Waals surface area contributed by atoms with E-state index in [-0.39, 0.29) is 17.6 Å². The van der Waals surface area contributed by atoms with Crippen molar-refractivity contribution < 1.29 is 14.4 Å². The number of Topliss-reactive ketones (excluding diaryl/α,β-unsaturated/α-hetero) is 1. The number of hydrogen-bond acceptors (Lipinski definition) is 3. The summed E-state index contributed by atoms with van der Waals surface area (Å²) < 4.78 is 0. The summed E-state index contributed by atoms with van der Waals surface area (Å²) >= 11 is 0. The lowest BCUT2D eigenvalue weighted by Crippen LogP contribution is -2.25. The molecule has 5 nitrogen and oxygen atoms in total. The molecule has 1 heterocycles. The van der Waals surface area contributed by atoms with Crippen LogP contribution >= 0.6 is 0 Å². The fourth-order valence-corrected chi connectivity index (χ4v) is 2.89. The Kier molecular flexibility index (Phi) is 4.16. The van der Waals surface area contributed by atoms with Crippen molar-refractivity contribution in [1.82, 2.24) is 0 Å². The summed E-state index contributed by atoms with van der Waals surface area (Å²) in [6.07, 6.45) is 0.746. The first-order valence-electron chi connectivity index (χ1n) is 7.79. The topological polar surface area (TPSA) is 66.5 Å². The first-order chi connectivity index (χ1) is 11.5. The molecule has 2 amide bonds. The number of fused-ring (bicyclic) bond motifs is 1. The first kappa shape index (κ1) is 15.9. The van der Waals surface area contributed by atoms with Gasteiger partial charge in [0.05, 0.1) is 0 Å². The van der Waals surface area contributed by atoms with Gasteiger partial charge in [0.25, 0.3) is 5.91 Å². The molecule has 0 bridgehead atoms. The van der Waals surface area contributed by atoms with Crippen LogP contribution < -0.4 is 10.2 Å². The van der Waals surface area contributed by atoms with Gasteiger partial charge in [-0.2, -0.15) is 0 Å². The predicted molar refractivity (Wildman–Crippen MR) is 92.6 cm³/mol. The zero-order chi connectivity index (χ0) is 17.3. The molecule has 1 aliphatic heterocycles. The van der Waals surface area contributed by atoms with Crippen molar-refractivity contribution in [1.29, 1.82) is 0 Å². The summed E-state index contributed by atoms with van der Waals surface area (Å²) in [4.78, 5) is 37.1. The highest BCUT2D eigenvalue weighted by molar-refractivity contribution is 6.06. The number of nitrogens with one attached hydrogen (secondary N) is 1. The van der Waals surface area contributed by atoms with Gasteiger partial charge >= 0.3 is 0 Å². The Hall–Kier alpha value is -2.95. The van der Waals surface area contributed by atoms with Crippen LogP contribution in [0, 0.1) is 0 Å². The number of anilines is 2. The van der Waals surface area contributed by atoms with Crippen LogP contribution in [0.5, 0.6) is 0 Å². The Morgan fingerprint density at radius 2 is 1.79 bits per heavy atom. The molecule has 0 saturated carbocycles. The molecule has 5 heteroatoms. The summed E-state index contributed by atoms with van der Waals surface area (Å²) in [5, 5.41) is 2.81. The second-order valence-electron chi connectivity index (χ2n) is 5.86. The molecule has 3 rings (SSSR count). The first-order valence-corrected chi connectivity index (χ1v) is 7.79. The van der Waals surface area contributed by atoms with E-state index < -0.39 is 0 Å². The van der Waals surface area contributed by atoms with E-state index in [0.29, 0.717) is 23.4 Å². The Balaban J connectivity index is 1.80. The predicted octanol–water partition coefficient (Wildman–Crippen LogP) is 3.05. The lowest BCUT2D eigenvalue weighted by Gasteiger charge is -2.14. The maximum Gasteiger partial charge on any atom is 0.255 e. The summed E-state index contributed by atoms with van der Waals surface area (Å²) in [7, 11) is 0. The Bertz CT molecular complexity index is 842. The third-order valence-corrected chi connectivity index (χ3v) is 4.14. The lowest BCUT2D eigenvalue weighted by molar-refractivity contribution is -0.116. The second-order valence-corrected chi connectivity index (χ2v) is 5.86. The Labute approximate surface area is 140 Å². The number of nitrogens with zero attached hydrogens (tertiary/aromatic N) is 1. The molecule has 0 atom stereocenters. The highest BCUT2D eigenvalue weighted by atomic mass is 16.2. The number of benzene rings is 2. The molecule has 122 valence electrons. The average Bonchev–Trinajstić information content (AvgIpc) is 2.98. The maximum atomic E-state index is 12.4. The average molecular weight is 322 g/mol. The molecule has 0 aromatic heterocycles. The lowest BCUT2D eigenvalue weighted by atomic mass is 10.1. The fraction of sp³-hybridized carbons (Fsp3) is 0.211. The number of hydrogen-bond donors (Lipinski definition) is 1. The number of rotatable bonds is 3. The quantitative estimate of drug-likeness (QED) is 0.883. The van der Waals surface area contributed by atoms with E-state index in [1.807, 2.05) is 12.1 Å². The van der Waals surface area contributed by atoms with Gasteiger partial charge in [0.1, 0.15) is 0 Å². The minimum absolute atomic E-state index is 0.00648. The molecule has 0 saturated heterocycles. The van der Waals surface area contributed by atoms with Crippen molar-refractivity contribution in [2.45, 2.75) is 20.3 Å². The molecule has 0 fully saturated rings. The van der Waals surface area contributed by atoms with Crippen molar-refractivity contribution in [3.8, 4) is 0 Å². The highest BCUT2D eigenvalue weighted by Gasteiger charge is 2.23. The second kappa shape index (κ2) is 6.28. The van der Waals surface area contributed by atoms with E-state index >= 15 is 0 Å². The van der Waals surface area contributed by atoms with Gasteiger partial charge in [-0.15, -0.1) is 0 Å². The zero-order valence-electron chi connectivity index (χ0n) is 13.6. The van der Waals surface area contributed by atoms with Crippen LogP contribution in [0.4, 0.5) is 11.4 Å². The fourth-order valence-electron chi connectivity index (χ4n) is 2.89. The van der Waals surface area contributed by atoms with Crippen molar-refractivity contribution in [2.75, 3.05) is 16.8 Å². The van der Waals surface area contributed by atoms with E-state index in [1.54, 1.807) is 35.2 Å². The Morgan fingerprint density at radius 3 is 2.50 bits per heavy atom. The van der Waals surface area contributed by atoms with Gasteiger partial charge in [-0.05, 0) is 49.2 Å². The molecule has 1 N–H and O–H groups in total. The molecule has 2 aromatic carbocycles. The van der Waals surface area contributed by atoms with Crippen molar-refractivity contribution in [3.63, 3.8) is 0 Å². The minimum Gasteiger partial charge on any atom is -0.322 e. The molecular formula is C19H18N2O3. The molecule has 2 aromatic rings. The molecular weight excluding hydrogens is 304 g/mol. The standard InChI is InChI=1S/C19H18N2O3/c1-12(22)14-4-3-5-17(11-14)20-19(24)16-6-7-18-15(10-16)8-9-21(18)13(2)23/h3-7,10-11H,8-9H2,1-2H3,(H,20,24). The zero-order valence-corrected chi connectivity index (χ0v) is 13.6. The molecule has 0 aliphatic carbocycles. The van der Waals surface area contributed by atoms with Crippen molar-refractivity contribution >= 4 is 29.0 Å².